The first-order valence-electron chi connectivity index (χ1n) is 9.92. The van der Waals surface area contributed by atoms with Crippen LogP contribution in [-0.2, 0) is 19.4 Å². The second kappa shape index (κ2) is 7.29. The van der Waals surface area contributed by atoms with Crippen LogP contribution in [0.4, 0.5) is 4.79 Å². The largest absolute Gasteiger partial charge is 0.331 e. The maximum Gasteiger partial charge on any atom is 0.317 e. The van der Waals surface area contributed by atoms with Crippen molar-refractivity contribution in [2.75, 3.05) is 13.1 Å². The fourth-order valence-corrected chi connectivity index (χ4v) is 4.33. The molecule has 7 nitrogen and oxygen atoms in total. The number of fused-ring (bicyclic) bond motifs is 1. The molecule has 2 aliphatic rings. The van der Waals surface area contributed by atoms with E-state index in [9.17, 15) is 4.79 Å². The SMILES string of the molecule is Cc1cc(C)n(C2CCN(C(=O)NCc3nc(C)c4c(n3)CCCC4)C2)n1. The van der Waals surface area contributed by atoms with Crippen molar-refractivity contribution in [3.05, 3.63) is 40.2 Å². The summed E-state index contributed by atoms with van der Waals surface area (Å²) in [5.74, 6) is 0.718. The Labute approximate surface area is 160 Å². The smallest absolute Gasteiger partial charge is 0.317 e. The van der Waals surface area contributed by atoms with Crippen LogP contribution in [0.3, 0.4) is 0 Å². The van der Waals surface area contributed by atoms with Gasteiger partial charge in [-0.3, -0.25) is 4.68 Å². The molecule has 2 amide bonds. The Kier molecular flexibility index (Phi) is 4.85. The number of likely N-dealkylation sites (tertiary alicyclic amines) is 1. The number of nitrogens with zero attached hydrogens (tertiary/aromatic N) is 5. The molecule has 3 heterocycles. The van der Waals surface area contributed by atoms with Gasteiger partial charge in [-0.25, -0.2) is 14.8 Å². The summed E-state index contributed by atoms with van der Waals surface area (Å²) in [6.07, 6.45) is 5.45. The fourth-order valence-electron chi connectivity index (χ4n) is 4.33. The van der Waals surface area contributed by atoms with Gasteiger partial charge in [-0.05, 0) is 64.5 Å². The number of hydrogen-bond acceptors (Lipinski definition) is 4. The van der Waals surface area contributed by atoms with Gasteiger partial charge in [-0.15, -0.1) is 0 Å². The van der Waals surface area contributed by atoms with Crippen molar-refractivity contribution in [3.63, 3.8) is 0 Å². The minimum Gasteiger partial charge on any atom is -0.331 e. The molecule has 1 fully saturated rings. The third-order valence-electron chi connectivity index (χ3n) is 5.68. The lowest BCUT2D eigenvalue weighted by atomic mass is 9.95. The zero-order valence-corrected chi connectivity index (χ0v) is 16.5. The lowest BCUT2D eigenvalue weighted by Gasteiger charge is -2.19. The van der Waals surface area contributed by atoms with Crippen LogP contribution in [0, 0.1) is 20.8 Å². The monoisotopic (exact) mass is 368 g/mol. The van der Waals surface area contributed by atoms with Gasteiger partial charge in [0.15, 0.2) is 0 Å². The fraction of sp³-hybridized carbons (Fsp3) is 0.600. The van der Waals surface area contributed by atoms with Crippen molar-refractivity contribution in [2.45, 2.75) is 65.5 Å². The van der Waals surface area contributed by atoms with Crippen molar-refractivity contribution < 1.29 is 4.79 Å². The molecule has 2 aromatic rings. The minimum atomic E-state index is -0.0435. The van der Waals surface area contributed by atoms with Gasteiger partial charge in [-0.1, -0.05) is 0 Å². The molecule has 144 valence electrons. The molecule has 1 aliphatic carbocycles. The van der Waals surface area contributed by atoms with Gasteiger partial charge in [0.1, 0.15) is 5.82 Å². The first-order valence-corrected chi connectivity index (χ1v) is 9.92. The Morgan fingerprint density at radius 2 is 2.04 bits per heavy atom. The number of amides is 2. The predicted molar refractivity (Wildman–Crippen MR) is 103 cm³/mol. The topological polar surface area (TPSA) is 75.9 Å². The van der Waals surface area contributed by atoms with Gasteiger partial charge < -0.3 is 10.2 Å². The standard InChI is InChI=1S/C20H28N6O/c1-13-10-14(2)26(24-13)16-8-9-25(12-16)20(27)21-11-19-22-15(3)17-6-4-5-7-18(17)23-19/h10,16H,4-9,11-12H2,1-3H3,(H,21,27). The number of aromatic nitrogens is 4. The van der Waals surface area contributed by atoms with Crippen LogP contribution in [0.2, 0.25) is 0 Å². The Bertz CT molecular complexity index is 858. The normalized spacial score (nSPS) is 19.2. The summed E-state index contributed by atoms with van der Waals surface area (Å²) in [4.78, 5) is 23.8. The van der Waals surface area contributed by atoms with Gasteiger partial charge in [0.05, 0.1) is 18.3 Å². The highest BCUT2D eigenvalue weighted by molar-refractivity contribution is 5.74. The highest BCUT2D eigenvalue weighted by atomic mass is 16.2. The molecule has 7 heteroatoms. The van der Waals surface area contributed by atoms with E-state index in [4.69, 9.17) is 4.98 Å². The van der Waals surface area contributed by atoms with E-state index in [2.05, 4.69) is 40.0 Å². The van der Waals surface area contributed by atoms with Crippen molar-refractivity contribution in [1.29, 1.82) is 0 Å². The summed E-state index contributed by atoms with van der Waals surface area (Å²) in [5.41, 5.74) is 5.72. The quantitative estimate of drug-likeness (QED) is 0.904. The van der Waals surface area contributed by atoms with Crippen molar-refractivity contribution in [2.24, 2.45) is 0 Å². The summed E-state index contributed by atoms with van der Waals surface area (Å²) in [6, 6.07) is 2.29. The van der Waals surface area contributed by atoms with Gasteiger partial charge in [0, 0.05) is 30.2 Å². The average Bonchev–Trinajstić information content (AvgIpc) is 3.26. The number of urea groups is 1. The van der Waals surface area contributed by atoms with Crippen molar-refractivity contribution in [1.82, 2.24) is 30.0 Å². The first-order chi connectivity index (χ1) is 13.0. The zero-order chi connectivity index (χ0) is 19.0. The maximum atomic E-state index is 12.6. The van der Waals surface area contributed by atoms with Crippen LogP contribution in [0.1, 0.15) is 59.5 Å². The number of rotatable bonds is 3. The Balaban J connectivity index is 1.36. The summed E-state index contributed by atoms with van der Waals surface area (Å²) in [7, 11) is 0. The summed E-state index contributed by atoms with van der Waals surface area (Å²) in [5, 5.41) is 7.57. The van der Waals surface area contributed by atoms with E-state index in [0.29, 0.717) is 13.1 Å². The number of hydrogen-bond donors (Lipinski definition) is 1. The lowest BCUT2D eigenvalue weighted by Crippen LogP contribution is -2.38. The average molecular weight is 368 g/mol. The molecule has 4 rings (SSSR count). The van der Waals surface area contributed by atoms with Crippen molar-refractivity contribution >= 4 is 6.03 Å². The highest BCUT2D eigenvalue weighted by Gasteiger charge is 2.28. The molecule has 2 aromatic heterocycles. The van der Waals surface area contributed by atoms with Crippen LogP contribution in [0.15, 0.2) is 6.07 Å². The molecule has 0 bridgehead atoms. The first kappa shape index (κ1) is 17.9. The molecule has 1 atom stereocenters. The minimum absolute atomic E-state index is 0.0435. The predicted octanol–water partition coefficient (Wildman–Crippen LogP) is 2.63. The molecule has 0 aromatic carbocycles. The molecule has 27 heavy (non-hydrogen) atoms. The van der Waals surface area contributed by atoms with E-state index in [0.717, 1.165) is 48.7 Å². The second-order valence-electron chi connectivity index (χ2n) is 7.78. The van der Waals surface area contributed by atoms with E-state index in [-0.39, 0.29) is 12.1 Å². The molecule has 1 unspecified atom stereocenters. The number of carbonyl (C=O) groups excluding carboxylic acids is 1. The Morgan fingerprint density at radius 3 is 2.81 bits per heavy atom. The van der Waals surface area contributed by atoms with Crippen LogP contribution in [0.5, 0.6) is 0 Å². The van der Waals surface area contributed by atoms with Crippen LogP contribution in [-0.4, -0.2) is 43.8 Å². The molecule has 0 spiro atoms. The third kappa shape index (κ3) is 3.68. The zero-order valence-electron chi connectivity index (χ0n) is 16.5. The van der Waals surface area contributed by atoms with Crippen LogP contribution in [0.25, 0.3) is 0 Å². The number of aryl methyl sites for hydroxylation is 4. The Hall–Kier alpha value is -2.44. The summed E-state index contributed by atoms with van der Waals surface area (Å²) in [6.45, 7) is 7.95. The molecule has 0 radical (unpaired) electrons. The van der Waals surface area contributed by atoms with E-state index >= 15 is 0 Å². The van der Waals surface area contributed by atoms with Gasteiger partial charge >= 0.3 is 6.03 Å². The van der Waals surface area contributed by atoms with Crippen LogP contribution >= 0.6 is 0 Å². The van der Waals surface area contributed by atoms with Crippen molar-refractivity contribution in [3.8, 4) is 0 Å². The second-order valence-corrected chi connectivity index (χ2v) is 7.78. The third-order valence-corrected chi connectivity index (χ3v) is 5.68. The van der Waals surface area contributed by atoms with E-state index in [1.807, 2.05) is 11.8 Å². The number of carbonyl (C=O) groups is 1. The Morgan fingerprint density at radius 1 is 1.22 bits per heavy atom. The lowest BCUT2D eigenvalue weighted by molar-refractivity contribution is 0.206. The maximum absolute atomic E-state index is 12.6. The van der Waals surface area contributed by atoms with Gasteiger partial charge in [-0.2, -0.15) is 5.10 Å². The van der Waals surface area contributed by atoms with Gasteiger partial charge in [0.2, 0.25) is 0 Å². The van der Waals surface area contributed by atoms with Crippen LogP contribution < -0.4 is 5.32 Å². The molecule has 0 saturated carbocycles. The molecule has 1 saturated heterocycles. The van der Waals surface area contributed by atoms with E-state index in [1.165, 1.54) is 24.1 Å². The van der Waals surface area contributed by atoms with E-state index in [1.54, 1.807) is 0 Å². The van der Waals surface area contributed by atoms with E-state index < -0.39 is 0 Å². The summed E-state index contributed by atoms with van der Waals surface area (Å²) >= 11 is 0. The molecular weight excluding hydrogens is 340 g/mol. The molecule has 1 aliphatic heterocycles. The molecule has 1 N–H and O–H groups in total. The molecular formula is C20H28N6O. The summed E-state index contributed by atoms with van der Waals surface area (Å²) < 4.78 is 2.05. The van der Waals surface area contributed by atoms with Gasteiger partial charge in [0.25, 0.3) is 0 Å². The number of nitrogens with one attached hydrogen (secondary N) is 1. The highest BCUT2D eigenvalue weighted by Crippen LogP contribution is 2.24.